The number of hydrogen-bond acceptors (Lipinski definition) is 4. The van der Waals surface area contributed by atoms with Crippen molar-refractivity contribution in [3.8, 4) is 0 Å². The Morgan fingerprint density at radius 2 is 1.56 bits per heavy atom. The van der Waals surface area contributed by atoms with Crippen molar-refractivity contribution in [2.75, 3.05) is 5.75 Å². The molecule has 1 aliphatic heterocycles. The van der Waals surface area contributed by atoms with Crippen molar-refractivity contribution >= 4 is 36.8 Å². The molecule has 32 heavy (non-hydrogen) atoms. The van der Waals surface area contributed by atoms with E-state index >= 15 is 0 Å². The predicted octanol–water partition coefficient (Wildman–Crippen LogP) is 5.57. The Kier molecular flexibility index (Phi) is 6.05. The van der Waals surface area contributed by atoms with Gasteiger partial charge >= 0.3 is 0 Å². The Bertz CT molecular complexity index is 1360. The maximum absolute atomic E-state index is 13.6. The molecule has 0 aromatic heterocycles. The smallest absolute Gasteiger partial charge is 0.200 e. The zero-order chi connectivity index (χ0) is 23.0. The second-order valence-electron chi connectivity index (χ2n) is 8.01. The van der Waals surface area contributed by atoms with Crippen LogP contribution in [-0.2, 0) is 24.4 Å². The molecule has 4 rings (SSSR count). The molecule has 1 saturated heterocycles. The van der Waals surface area contributed by atoms with Gasteiger partial charge in [-0.05, 0) is 60.7 Å². The van der Waals surface area contributed by atoms with Gasteiger partial charge in [-0.1, -0.05) is 71.8 Å². The van der Waals surface area contributed by atoms with E-state index < -0.39 is 24.4 Å². The highest BCUT2D eigenvalue weighted by atomic mass is 35.5. The highest BCUT2D eigenvalue weighted by Gasteiger charge is 2.52. The fraction of sp³-hybridized carbons (Fsp3) is 0.200. The fourth-order valence-electron chi connectivity index (χ4n) is 4.31. The van der Waals surface area contributed by atoms with Crippen LogP contribution in [0.25, 0.3) is 5.57 Å². The lowest BCUT2D eigenvalue weighted by molar-refractivity contribution is 0.575. The third-order valence-electron chi connectivity index (χ3n) is 5.93. The monoisotopic (exact) mass is 486 g/mol. The van der Waals surface area contributed by atoms with Crippen LogP contribution < -0.4 is 0 Å². The number of benzene rings is 3. The van der Waals surface area contributed by atoms with Crippen LogP contribution in [-0.4, -0.2) is 22.6 Å². The standard InChI is InChI=1S/C25H23ClO4S2/c1-19-8-14-23(15-9-19)31(27,28)18-24(20-6-3-2-4-7-20)25(16-5-17-32(25,29)30)21-10-12-22(26)13-11-21/h2-4,6-15,18H,5,16-17H2,1H3. The highest BCUT2D eigenvalue weighted by Crippen LogP contribution is 2.51. The van der Waals surface area contributed by atoms with Crippen LogP contribution in [0.5, 0.6) is 0 Å². The molecule has 0 aliphatic carbocycles. The average Bonchev–Trinajstić information content (AvgIpc) is 3.09. The largest absolute Gasteiger partial charge is 0.228 e. The number of hydrogen-bond donors (Lipinski definition) is 0. The third kappa shape index (κ3) is 4.03. The Morgan fingerprint density at radius 1 is 0.938 bits per heavy atom. The fourth-order valence-corrected chi connectivity index (χ4v) is 8.14. The topological polar surface area (TPSA) is 68.3 Å². The van der Waals surface area contributed by atoms with E-state index in [1.54, 1.807) is 72.8 Å². The van der Waals surface area contributed by atoms with Gasteiger partial charge in [0.05, 0.1) is 10.6 Å². The molecule has 3 aromatic rings. The summed E-state index contributed by atoms with van der Waals surface area (Å²) in [4.78, 5) is 0.123. The van der Waals surface area contributed by atoms with Crippen molar-refractivity contribution in [3.05, 3.63) is 106 Å². The second kappa shape index (κ2) is 8.50. The first kappa shape index (κ1) is 22.8. The molecule has 1 fully saturated rings. The van der Waals surface area contributed by atoms with Gasteiger partial charge in [0.15, 0.2) is 19.7 Å². The van der Waals surface area contributed by atoms with E-state index in [1.165, 1.54) is 0 Å². The number of rotatable bonds is 5. The Hall–Kier alpha value is -2.41. The summed E-state index contributed by atoms with van der Waals surface area (Å²) in [5.41, 5.74) is 2.28. The van der Waals surface area contributed by atoms with Crippen LogP contribution in [0.2, 0.25) is 5.02 Å². The summed E-state index contributed by atoms with van der Waals surface area (Å²) in [6.45, 7) is 1.88. The molecular formula is C25H23ClO4S2. The molecule has 7 heteroatoms. The van der Waals surface area contributed by atoms with Crippen LogP contribution >= 0.6 is 11.6 Å². The molecule has 0 radical (unpaired) electrons. The van der Waals surface area contributed by atoms with E-state index in [2.05, 4.69) is 0 Å². The van der Waals surface area contributed by atoms with E-state index in [4.69, 9.17) is 11.6 Å². The maximum Gasteiger partial charge on any atom is 0.200 e. The van der Waals surface area contributed by atoms with Gasteiger partial charge in [0.1, 0.15) is 4.75 Å². The first-order valence-corrected chi connectivity index (χ1v) is 13.8. The van der Waals surface area contributed by atoms with Crippen molar-refractivity contribution < 1.29 is 16.8 Å². The average molecular weight is 487 g/mol. The van der Waals surface area contributed by atoms with Crippen LogP contribution in [0.15, 0.2) is 89.2 Å². The predicted molar refractivity (Wildman–Crippen MR) is 129 cm³/mol. The SMILES string of the molecule is Cc1ccc(S(=O)(=O)C=C(c2ccccc2)C2(c3ccc(Cl)cc3)CCCS2(=O)=O)cc1. The number of halogens is 1. The van der Waals surface area contributed by atoms with Gasteiger partial charge in [-0.25, -0.2) is 16.8 Å². The molecule has 3 aromatic carbocycles. The van der Waals surface area contributed by atoms with Gasteiger partial charge in [0.25, 0.3) is 0 Å². The molecule has 0 saturated carbocycles. The first-order valence-electron chi connectivity index (χ1n) is 10.2. The van der Waals surface area contributed by atoms with Gasteiger partial charge in [0.2, 0.25) is 0 Å². The Balaban J connectivity index is 2.04. The van der Waals surface area contributed by atoms with E-state index in [1.807, 2.05) is 13.0 Å². The van der Waals surface area contributed by atoms with Crippen molar-refractivity contribution in [3.63, 3.8) is 0 Å². The lowest BCUT2D eigenvalue weighted by atomic mass is 9.84. The Morgan fingerprint density at radius 3 is 2.12 bits per heavy atom. The molecule has 1 unspecified atom stereocenters. The minimum atomic E-state index is -3.92. The van der Waals surface area contributed by atoms with Crippen molar-refractivity contribution in [1.29, 1.82) is 0 Å². The summed E-state index contributed by atoms with van der Waals surface area (Å²) < 4.78 is 52.5. The second-order valence-corrected chi connectivity index (χ2v) is 12.6. The van der Waals surface area contributed by atoms with E-state index in [0.717, 1.165) is 11.0 Å². The van der Waals surface area contributed by atoms with Gasteiger partial charge in [-0.15, -0.1) is 0 Å². The lowest BCUT2D eigenvalue weighted by Crippen LogP contribution is -2.34. The molecule has 1 aliphatic rings. The summed E-state index contributed by atoms with van der Waals surface area (Å²) in [7, 11) is -7.62. The highest BCUT2D eigenvalue weighted by molar-refractivity contribution is 7.95. The van der Waals surface area contributed by atoms with Crippen molar-refractivity contribution in [2.24, 2.45) is 0 Å². The molecule has 0 amide bonds. The summed E-state index contributed by atoms with van der Waals surface area (Å²) in [5.74, 6) is -0.00954. The van der Waals surface area contributed by atoms with E-state index in [9.17, 15) is 16.8 Å². The number of sulfone groups is 2. The first-order chi connectivity index (χ1) is 15.2. The molecular weight excluding hydrogens is 464 g/mol. The normalized spacial score (nSPS) is 20.9. The molecule has 166 valence electrons. The third-order valence-corrected chi connectivity index (χ3v) is 10.2. The zero-order valence-corrected chi connectivity index (χ0v) is 19.9. The summed E-state index contributed by atoms with van der Waals surface area (Å²) in [6, 6.07) is 22.1. The van der Waals surface area contributed by atoms with Gasteiger partial charge in [-0.3, -0.25) is 0 Å². The van der Waals surface area contributed by atoms with Gasteiger partial charge < -0.3 is 0 Å². The molecule has 0 N–H and O–H groups in total. The maximum atomic E-state index is 13.6. The minimum absolute atomic E-state index is 0.00954. The van der Waals surface area contributed by atoms with E-state index in [-0.39, 0.29) is 16.2 Å². The van der Waals surface area contributed by atoms with Gasteiger partial charge in [-0.2, -0.15) is 0 Å². The summed E-state index contributed by atoms with van der Waals surface area (Å²) in [5, 5.41) is 1.63. The molecule has 0 spiro atoms. The Labute approximate surface area is 194 Å². The molecule has 1 atom stereocenters. The van der Waals surface area contributed by atoms with Gasteiger partial charge in [0, 0.05) is 10.4 Å². The quantitative estimate of drug-likeness (QED) is 0.473. The van der Waals surface area contributed by atoms with Crippen molar-refractivity contribution in [1.82, 2.24) is 0 Å². The van der Waals surface area contributed by atoms with Crippen LogP contribution in [0.4, 0.5) is 0 Å². The van der Waals surface area contributed by atoms with Crippen molar-refractivity contribution in [2.45, 2.75) is 29.4 Å². The molecule has 0 bridgehead atoms. The molecule has 1 heterocycles. The minimum Gasteiger partial charge on any atom is -0.228 e. The van der Waals surface area contributed by atoms with Crippen LogP contribution in [0.3, 0.4) is 0 Å². The summed E-state index contributed by atoms with van der Waals surface area (Å²) in [6.07, 6.45) is 0.737. The number of aryl methyl sites for hydroxylation is 1. The van der Waals surface area contributed by atoms with Crippen LogP contribution in [0, 0.1) is 6.92 Å². The summed E-state index contributed by atoms with van der Waals surface area (Å²) >= 11 is 6.07. The van der Waals surface area contributed by atoms with E-state index in [0.29, 0.717) is 29.0 Å². The lowest BCUT2D eigenvalue weighted by Gasteiger charge is -2.32. The zero-order valence-electron chi connectivity index (χ0n) is 17.5. The molecule has 4 nitrogen and oxygen atoms in total. The van der Waals surface area contributed by atoms with Crippen LogP contribution in [0.1, 0.15) is 29.5 Å².